The summed E-state index contributed by atoms with van der Waals surface area (Å²) in [5, 5.41) is 3.57. The van der Waals surface area contributed by atoms with E-state index in [-0.39, 0.29) is 0 Å². The maximum atomic E-state index is 3.57. The predicted molar refractivity (Wildman–Crippen MR) is 80.0 cm³/mol. The topological polar surface area (TPSA) is 18.5 Å². The zero-order chi connectivity index (χ0) is 13.9. The van der Waals surface area contributed by atoms with Crippen molar-refractivity contribution in [2.45, 2.75) is 59.7 Å². The van der Waals surface area contributed by atoms with E-state index in [0.717, 1.165) is 6.54 Å². The summed E-state index contributed by atoms with van der Waals surface area (Å²) in [7, 11) is 2.25. The highest BCUT2D eigenvalue weighted by molar-refractivity contribution is 4.89. The Kier molecular flexibility index (Phi) is 5.63. The van der Waals surface area contributed by atoms with Crippen LogP contribution in [0.25, 0.3) is 0 Å². The Hall–Kier alpha value is -0.120. The highest BCUT2D eigenvalue weighted by Gasteiger charge is 2.32. The third-order valence-electron chi connectivity index (χ3n) is 4.75. The van der Waals surface area contributed by atoms with Gasteiger partial charge in [-0.15, -0.1) is 0 Å². The fourth-order valence-electron chi connectivity index (χ4n) is 2.94. The van der Waals surface area contributed by atoms with Gasteiger partial charge in [0.2, 0.25) is 0 Å². The quantitative estimate of drug-likeness (QED) is 0.811. The molecule has 3 nitrogen and oxygen atoms in total. The van der Waals surface area contributed by atoms with Crippen molar-refractivity contribution >= 4 is 0 Å². The smallest absolute Gasteiger partial charge is 0.0195 e. The summed E-state index contributed by atoms with van der Waals surface area (Å²) in [5.74, 6) is 0. The fourth-order valence-corrected chi connectivity index (χ4v) is 2.94. The zero-order valence-electron chi connectivity index (χ0n) is 13.5. The maximum absolute atomic E-state index is 3.57. The SMILES string of the molecule is CCNC(C)C(C)(C)CN1CC(C)N(C)C(C)C1. The number of rotatable bonds is 5. The highest BCUT2D eigenvalue weighted by atomic mass is 15.3. The van der Waals surface area contributed by atoms with Crippen LogP contribution in [0.5, 0.6) is 0 Å². The zero-order valence-corrected chi connectivity index (χ0v) is 13.5. The van der Waals surface area contributed by atoms with E-state index in [9.17, 15) is 0 Å². The molecule has 1 heterocycles. The van der Waals surface area contributed by atoms with Crippen LogP contribution in [0.2, 0.25) is 0 Å². The summed E-state index contributed by atoms with van der Waals surface area (Å²) in [4.78, 5) is 5.14. The van der Waals surface area contributed by atoms with Crippen LogP contribution < -0.4 is 5.32 Å². The summed E-state index contributed by atoms with van der Waals surface area (Å²) >= 11 is 0. The van der Waals surface area contributed by atoms with Gasteiger partial charge in [0.1, 0.15) is 0 Å². The maximum Gasteiger partial charge on any atom is 0.0195 e. The second kappa shape index (κ2) is 6.36. The lowest BCUT2D eigenvalue weighted by atomic mass is 9.84. The van der Waals surface area contributed by atoms with Gasteiger partial charge in [0, 0.05) is 37.8 Å². The number of hydrogen-bond acceptors (Lipinski definition) is 3. The lowest BCUT2D eigenvalue weighted by Crippen LogP contribution is -2.58. The molecule has 0 aromatic heterocycles. The lowest BCUT2D eigenvalue weighted by molar-refractivity contribution is 0.0314. The Bertz CT molecular complexity index is 240. The van der Waals surface area contributed by atoms with Gasteiger partial charge in [0.25, 0.3) is 0 Å². The summed E-state index contributed by atoms with van der Waals surface area (Å²) in [6.07, 6.45) is 0. The largest absolute Gasteiger partial charge is 0.314 e. The molecule has 18 heavy (non-hydrogen) atoms. The van der Waals surface area contributed by atoms with E-state index in [1.165, 1.54) is 19.6 Å². The van der Waals surface area contributed by atoms with E-state index in [4.69, 9.17) is 0 Å². The van der Waals surface area contributed by atoms with E-state index in [1.54, 1.807) is 0 Å². The van der Waals surface area contributed by atoms with E-state index in [2.05, 4.69) is 63.7 Å². The average molecular weight is 255 g/mol. The summed E-state index contributed by atoms with van der Waals surface area (Å²) in [5.41, 5.74) is 0.325. The molecular formula is C15H33N3. The number of nitrogens with zero attached hydrogens (tertiary/aromatic N) is 2. The van der Waals surface area contributed by atoms with Gasteiger partial charge in [-0.3, -0.25) is 9.80 Å². The Morgan fingerprint density at radius 3 is 2.17 bits per heavy atom. The molecular weight excluding hydrogens is 222 g/mol. The van der Waals surface area contributed by atoms with Gasteiger partial charge < -0.3 is 5.32 Å². The first kappa shape index (κ1) is 15.9. The Labute approximate surface area is 114 Å². The molecule has 3 atom stereocenters. The Morgan fingerprint density at radius 2 is 1.72 bits per heavy atom. The molecule has 0 radical (unpaired) electrons. The van der Waals surface area contributed by atoms with Gasteiger partial charge in [-0.1, -0.05) is 20.8 Å². The molecule has 1 rings (SSSR count). The summed E-state index contributed by atoms with van der Waals surface area (Å²) in [6.45, 7) is 18.6. The number of hydrogen-bond donors (Lipinski definition) is 1. The minimum Gasteiger partial charge on any atom is -0.314 e. The molecule has 0 bridgehead atoms. The van der Waals surface area contributed by atoms with Gasteiger partial charge >= 0.3 is 0 Å². The summed E-state index contributed by atoms with van der Waals surface area (Å²) < 4.78 is 0. The highest BCUT2D eigenvalue weighted by Crippen LogP contribution is 2.24. The van der Waals surface area contributed by atoms with Crippen LogP contribution in [-0.4, -0.2) is 61.2 Å². The third kappa shape index (κ3) is 3.94. The van der Waals surface area contributed by atoms with Gasteiger partial charge in [-0.25, -0.2) is 0 Å². The Balaban J connectivity index is 2.56. The lowest BCUT2D eigenvalue weighted by Gasteiger charge is -2.46. The van der Waals surface area contributed by atoms with Crippen molar-refractivity contribution in [2.75, 3.05) is 33.2 Å². The van der Waals surface area contributed by atoms with E-state index < -0.39 is 0 Å². The van der Waals surface area contributed by atoms with Crippen LogP contribution in [0.4, 0.5) is 0 Å². The van der Waals surface area contributed by atoms with Gasteiger partial charge in [-0.2, -0.15) is 0 Å². The molecule has 0 saturated carbocycles. The van der Waals surface area contributed by atoms with Crippen molar-refractivity contribution < 1.29 is 0 Å². The monoisotopic (exact) mass is 255 g/mol. The molecule has 1 saturated heterocycles. The standard InChI is InChI=1S/C15H33N3/c1-8-16-14(4)15(5,6)11-18-9-12(2)17(7)13(3)10-18/h12-14,16H,8-11H2,1-7H3. The first-order chi connectivity index (χ1) is 8.27. The molecule has 0 spiro atoms. The molecule has 3 unspecified atom stereocenters. The van der Waals surface area contributed by atoms with E-state index >= 15 is 0 Å². The van der Waals surface area contributed by atoms with Crippen molar-refractivity contribution in [2.24, 2.45) is 5.41 Å². The average Bonchev–Trinajstić information content (AvgIpc) is 2.25. The van der Waals surface area contributed by atoms with Crippen LogP contribution >= 0.6 is 0 Å². The molecule has 0 aromatic carbocycles. The van der Waals surface area contributed by atoms with Crippen LogP contribution in [0, 0.1) is 5.41 Å². The second-order valence-electron chi connectivity index (χ2n) is 6.83. The number of likely N-dealkylation sites (N-methyl/N-ethyl adjacent to an activating group) is 1. The molecule has 108 valence electrons. The van der Waals surface area contributed by atoms with Crippen LogP contribution in [0.1, 0.15) is 41.5 Å². The van der Waals surface area contributed by atoms with Crippen molar-refractivity contribution in [1.82, 2.24) is 15.1 Å². The number of piperazine rings is 1. The van der Waals surface area contributed by atoms with Crippen molar-refractivity contribution in [3.05, 3.63) is 0 Å². The molecule has 1 aliphatic heterocycles. The minimum atomic E-state index is 0.325. The van der Waals surface area contributed by atoms with Crippen molar-refractivity contribution in [1.29, 1.82) is 0 Å². The van der Waals surface area contributed by atoms with Crippen LogP contribution in [0.15, 0.2) is 0 Å². The fraction of sp³-hybridized carbons (Fsp3) is 1.00. The molecule has 1 N–H and O–H groups in total. The first-order valence-electron chi connectivity index (χ1n) is 7.45. The molecule has 1 aliphatic rings. The van der Waals surface area contributed by atoms with Gasteiger partial charge in [0.05, 0.1) is 0 Å². The molecule has 0 amide bonds. The van der Waals surface area contributed by atoms with Crippen LogP contribution in [0.3, 0.4) is 0 Å². The third-order valence-corrected chi connectivity index (χ3v) is 4.75. The normalized spacial score (nSPS) is 29.5. The predicted octanol–water partition coefficient (Wildman–Crippen LogP) is 2.03. The van der Waals surface area contributed by atoms with E-state index in [0.29, 0.717) is 23.5 Å². The second-order valence-corrected chi connectivity index (χ2v) is 6.83. The molecule has 3 heteroatoms. The molecule has 0 aliphatic carbocycles. The molecule has 0 aromatic rings. The van der Waals surface area contributed by atoms with Gasteiger partial charge in [0.15, 0.2) is 0 Å². The minimum absolute atomic E-state index is 0.325. The van der Waals surface area contributed by atoms with Gasteiger partial charge in [-0.05, 0) is 39.8 Å². The van der Waals surface area contributed by atoms with Crippen molar-refractivity contribution in [3.8, 4) is 0 Å². The first-order valence-corrected chi connectivity index (χ1v) is 7.45. The van der Waals surface area contributed by atoms with Crippen LogP contribution in [-0.2, 0) is 0 Å². The van der Waals surface area contributed by atoms with E-state index in [1.807, 2.05) is 0 Å². The summed E-state index contributed by atoms with van der Waals surface area (Å²) in [6, 6.07) is 1.89. The molecule has 1 fully saturated rings. The number of nitrogens with one attached hydrogen (secondary N) is 1. The van der Waals surface area contributed by atoms with Crippen molar-refractivity contribution in [3.63, 3.8) is 0 Å². The Morgan fingerprint density at radius 1 is 1.22 bits per heavy atom.